The average Bonchev–Trinajstić information content (AvgIpc) is 2.90. The maximum atomic E-state index is 11.7. The van der Waals surface area contributed by atoms with Crippen molar-refractivity contribution in [2.45, 2.75) is 39.7 Å². The summed E-state index contributed by atoms with van der Waals surface area (Å²) in [5.74, 6) is 1.60. The molecule has 1 unspecified atom stereocenters. The molecule has 3 nitrogen and oxygen atoms in total. The van der Waals surface area contributed by atoms with Crippen molar-refractivity contribution in [3.05, 3.63) is 0 Å². The fraction of sp³-hybridized carbons (Fsp3) is 0.933. The molecule has 1 aliphatic heterocycles. The highest BCUT2D eigenvalue weighted by atomic mass is 16.5. The Morgan fingerprint density at radius 3 is 2.44 bits per heavy atom. The van der Waals surface area contributed by atoms with E-state index in [0.717, 1.165) is 44.6 Å². The van der Waals surface area contributed by atoms with Crippen LogP contribution in [0, 0.1) is 22.7 Å². The minimum Gasteiger partial charge on any atom is -0.379 e. The van der Waals surface area contributed by atoms with Gasteiger partial charge in [0.05, 0.1) is 13.2 Å². The van der Waals surface area contributed by atoms with E-state index in [2.05, 4.69) is 25.7 Å². The molecule has 0 aromatic carbocycles. The smallest absolute Gasteiger partial charge is 0.127 e. The molecule has 1 saturated heterocycles. The second-order valence-electron chi connectivity index (χ2n) is 7.26. The molecule has 0 amide bonds. The van der Waals surface area contributed by atoms with Gasteiger partial charge in [-0.05, 0) is 30.1 Å². The Balaban J connectivity index is 1.80. The third kappa shape index (κ3) is 1.75. The van der Waals surface area contributed by atoms with E-state index in [9.17, 15) is 4.79 Å². The van der Waals surface area contributed by atoms with Crippen molar-refractivity contribution >= 4 is 6.29 Å². The number of hydrogen-bond acceptors (Lipinski definition) is 3. The van der Waals surface area contributed by atoms with E-state index in [0.29, 0.717) is 11.5 Å². The van der Waals surface area contributed by atoms with Crippen molar-refractivity contribution in [2.24, 2.45) is 22.7 Å². The van der Waals surface area contributed by atoms with Crippen LogP contribution < -0.4 is 0 Å². The van der Waals surface area contributed by atoms with Crippen molar-refractivity contribution in [3.8, 4) is 0 Å². The number of ether oxygens (including phenoxy) is 1. The standard InChI is InChI=1S/C15H25NO2/c1-14(2)11-8-13(16-4-6-18-7-5-16)15(3,10-17)9-12(11)14/h10-13H,4-9H2,1-3H3/t11-,12+,13-,15?/m1/s1. The Morgan fingerprint density at radius 2 is 1.83 bits per heavy atom. The van der Waals surface area contributed by atoms with Crippen LogP contribution in [0.3, 0.4) is 0 Å². The molecular weight excluding hydrogens is 226 g/mol. The molecule has 3 aliphatic rings. The fourth-order valence-electron chi connectivity index (χ4n) is 4.43. The summed E-state index contributed by atoms with van der Waals surface area (Å²) in [7, 11) is 0. The number of morpholine rings is 1. The molecule has 3 rings (SSSR count). The summed E-state index contributed by atoms with van der Waals surface area (Å²) in [5, 5.41) is 0. The third-order valence-corrected chi connectivity index (χ3v) is 5.94. The molecule has 2 aliphatic carbocycles. The van der Waals surface area contributed by atoms with Gasteiger partial charge in [-0.3, -0.25) is 4.90 Å². The lowest BCUT2D eigenvalue weighted by molar-refractivity contribution is -0.123. The van der Waals surface area contributed by atoms with Crippen molar-refractivity contribution < 1.29 is 9.53 Å². The van der Waals surface area contributed by atoms with Crippen molar-refractivity contribution in [3.63, 3.8) is 0 Å². The zero-order valence-electron chi connectivity index (χ0n) is 11.8. The van der Waals surface area contributed by atoms with Gasteiger partial charge in [0.1, 0.15) is 6.29 Å². The van der Waals surface area contributed by atoms with Crippen LogP contribution in [0.1, 0.15) is 33.6 Å². The highest BCUT2D eigenvalue weighted by Gasteiger charge is 2.64. The summed E-state index contributed by atoms with van der Waals surface area (Å²) in [4.78, 5) is 14.2. The van der Waals surface area contributed by atoms with Crippen LogP contribution in [0.5, 0.6) is 0 Å². The summed E-state index contributed by atoms with van der Waals surface area (Å²) in [6, 6.07) is 0.432. The number of aldehydes is 1. The molecule has 2 saturated carbocycles. The first-order valence-electron chi connectivity index (χ1n) is 7.27. The Labute approximate surface area is 110 Å². The first-order chi connectivity index (χ1) is 8.49. The van der Waals surface area contributed by atoms with Gasteiger partial charge in [0.25, 0.3) is 0 Å². The molecule has 3 fully saturated rings. The van der Waals surface area contributed by atoms with Crippen molar-refractivity contribution in [1.82, 2.24) is 4.90 Å². The summed E-state index contributed by atoms with van der Waals surface area (Å²) >= 11 is 0. The Bertz CT molecular complexity index is 348. The third-order valence-electron chi connectivity index (χ3n) is 5.94. The van der Waals surface area contributed by atoms with Crippen LogP contribution in [-0.4, -0.2) is 43.5 Å². The maximum absolute atomic E-state index is 11.7. The molecule has 0 aromatic heterocycles. The number of fused-ring (bicyclic) bond motifs is 1. The zero-order chi connectivity index (χ0) is 13.0. The van der Waals surface area contributed by atoms with Gasteiger partial charge in [-0.2, -0.15) is 0 Å². The van der Waals surface area contributed by atoms with Gasteiger partial charge in [-0.25, -0.2) is 0 Å². The Kier molecular flexibility index (Phi) is 2.83. The normalized spacial score (nSPS) is 47.4. The molecule has 0 spiro atoms. The fourth-order valence-corrected chi connectivity index (χ4v) is 4.43. The molecule has 4 atom stereocenters. The van der Waals surface area contributed by atoms with E-state index in [1.165, 1.54) is 12.7 Å². The van der Waals surface area contributed by atoms with E-state index >= 15 is 0 Å². The lowest BCUT2D eigenvalue weighted by Crippen LogP contribution is -2.53. The van der Waals surface area contributed by atoms with Crippen LogP contribution >= 0.6 is 0 Å². The van der Waals surface area contributed by atoms with Crippen molar-refractivity contribution in [1.29, 1.82) is 0 Å². The number of hydrogen-bond donors (Lipinski definition) is 0. The van der Waals surface area contributed by atoms with Crippen LogP contribution in [0.15, 0.2) is 0 Å². The SMILES string of the molecule is CC1(C=O)C[C@H]2[C@@H](C[C@H]1N1CCOCC1)C2(C)C. The molecule has 0 radical (unpaired) electrons. The second-order valence-corrected chi connectivity index (χ2v) is 7.26. The summed E-state index contributed by atoms with van der Waals surface area (Å²) < 4.78 is 5.44. The molecule has 1 heterocycles. The number of carbonyl (C=O) groups is 1. The first kappa shape index (κ1) is 12.6. The van der Waals surface area contributed by atoms with Gasteiger partial charge in [0.2, 0.25) is 0 Å². The Morgan fingerprint density at radius 1 is 1.17 bits per heavy atom. The lowest BCUT2D eigenvalue weighted by atomic mass is 9.72. The van der Waals surface area contributed by atoms with E-state index in [-0.39, 0.29) is 5.41 Å². The summed E-state index contributed by atoms with van der Waals surface area (Å²) in [6.45, 7) is 10.5. The monoisotopic (exact) mass is 251 g/mol. The second kappa shape index (κ2) is 4.04. The Hall–Kier alpha value is -0.410. The van der Waals surface area contributed by atoms with Gasteiger partial charge in [0, 0.05) is 24.5 Å². The van der Waals surface area contributed by atoms with Crippen LogP contribution in [0.25, 0.3) is 0 Å². The van der Waals surface area contributed by atoms with Crippen LogP contribution in [0.2, 0.25) is 0 Å². The molecule has 18 heavy (non-hydrogen) atoms. The molecule has 102 valence electrons. The van der Waals surface area contributed by atoms with Gasteiger partial charge in [-0.15, -0.1) is 0 Å². The lowest BCUT2D eigenvalue weighted by Gasteiger charge is -2.45. The average molecular weight is 251 g/mol. The molecule has 0 aromatic rings. The first-order valence-corrected chi connectivity index (χ1v) is 7.27. The zero-order valence-corrected chi connectivity index (χ0v) is 11.8. The van der Waals surface area contributed by atoms with Gasteiger partial charge < -0.3 is 9.53 Å². The van der Waals surface area contributed by atoms with Gasteiger partial charge in [-0.1, -0.05) is 20.8 Å². The molecular formula is C15H25NO2. The number of carbonyl (C=O) groups excluding carboxylic acids is 1. The van der Waals surface area contributed by atoms with E-state index in [1.807, 2.05) is 0 Å². The van der Waals surface area contributed by atoms with Gasteiger partial charge >= 0.3 is 0 Å². The van der Waals surface area contributed by atoms with E-state index in [1.54, 1.807) is 0 Å². The van der Waals surface area contributed by atoms with Crippen LogP contribution in [0.4, 0.5) is 0 Å². The topological polar surface area (TPSA) is 29.5 Å². The molecule has 3 heteroatoms. The van der Waals surface area contributed by atoms with E-state index < -0.39 is 0 Å². The van der Waals surface area contributed by atoms with Crippen LogP contribution in [-0.2, 0) is 9.53 Å². The van der Waals surface area contributed by atoms with Gasteiger partial charge in [0.15, 0.2) is 0 Å². The summed E-state index contributed by atoms with van der Waals surface area (Å²) in [5.41, 5.74) is 0.317. The quantitative estimate of drug-likeness (QED) is 0.703. The van der Waals surface area contributed by atoms with Crippen molar-refractivity contribution in [2.75, 3.05) is 26.3 Å². The number of rotatable bonds is 2. The highest BCUT2D eigenvalue weighted by molar-refractivity contribution is 5.61. The minimum atomic E-state index is -0.147. The van der Waals surface area contributed by atoms with E-state index in [4.69, 9.17) is 4.74 Å². The molecule has 0 bridgehead atoms. The number of nitrogens with zero attached hydrogens (tertiary/aromatic N) is 1. The molecule has 0 N–H and O–H groups in total. The predicted molar refractivity (Wildman–Crippen MR) is 70.3 cm³/mol. The maximum Gasteiger partial charge on any atom is 0.127 e. The largest absolute Gasteiger partial charge is 0.379 e. The predicted octanol–water partition coefficient (Wildman–Crippen LogP) is 1.96. The highest BCUT2D eigenvalue weighted by Crippen LogP contribution is 2.68. The minimum absolute atomic E-state index is 0.147. The summed E-state index contributed by atoms with van der Waals surface area (Å²) in [6.07, 6.45) is 3.51.